The van der Waals surface area contributed by atoms with Crippen LogP contribution >= 0.6 is 0 Å². The van der Waals surface area contributed by atoms with Crippen LogP contribution in [-0.4, -0.2) is 0 Å². The lowest BCUT2D eigenvalue weighted by Crippen LogP contribution is -1.95. The highest BCUT2D eigenvalue weighted by Crippen LogP contribution is 2.11. The Hall–Kier alpha value is -1.44. The van der Waals surface area contributed by atoms with Gasteiger partial charge in [-0.15, -0.1) is 11.7 Å². The summed E-state index contributed by atoms with van der Waals surface area (Å²) in [6.45, 7) is 19.0. The molecule has 26 heavy (non-hydrogen) atoms. The van der Waals surface area contributed by atoms with Gasteiger partial charge in [-0.05, 0) is 58.1 Å². The molecule has 0 N–H and O–H groups in total. The molecule has 0 aromatic rings. The summed E-state index contributed by atoms with van der Waals surface area (Å²) in [7, 11) is 0. The third-order valence-corrected chi connectivity index (χ3v) is 3.73. The molecule has 0 radical (unpaired) electrons. The van der Waals surface area contributed by atoms with Crippen molar-refractivity contribution in [2.75, 3.05) is 0 Å². The van der Waals surface area contributed by atoms with E-state index in [1.165, 1.54) is 43.3 Å². The quantitative estimate of drug-likeness (QED) is 0.230. The van der Waals surface area contributed by atoms with Gasteiger partial charge in [0.1, 0.15) is 0 Å². The highest BCUT2D eigenvalue weighted by atomic mass is 14.0. The predicted molar refractivity (Wildman–Crippen MR) is 123 cm³/mol. The minimum atomic E-state index is 0.673. The van der Waals surface area contributed by atoms with Crippen LogP contribution in [0.4, 0.5) is 0 Å². The van der Waals surface area contributed by atoms with Crippen LogP contribution in [0.2, 0.25) is 0 Å². The molecule has 0 spiro atoms. The van der Waals surface area contributed by atoms with Crippen molar-refractivity contribution in [1.29, 1.82) is 0 Å². The summed E-state index contributed by atoms with van der Waals surface area (Å²) in [5.74, 6) is 7.30. The first-order chi connectivity index (χ1) is 12.5. The summed E-state index contributed by atoms with van der Waals surface area (Å²) in [5.41, 5.74) is 5.76. The summed E-state index contributed by atoms with van der Waals surface area (Å²) in [6, 6.07) is 0. The Labute approximate surface area is 166 Å². The molecule has 0 aliphatic heterocycles. The van der Waals surface area contributed by atoms with Gasteiger partial charge < -0.3 is 0 Å². The molecular formula is C26H46. The minimum Gasteiger partial charge on any atom is -0.122 e. The van der Waals surface area contributed by atoms with Crippen LogP contribution in [0.25, 0.3) is 0 Å². The van der Waals surface area contributed by atoms with E-state index in [0.717, 1.165) is 12.8 Å². The largest absolute Gasteiger partial charge is 0.122 e. The van der Waals surface area contributed by atoms with Gasteiger partial charge in [0.25, 0.3) is 0 Å². The second-order valence-electron chi connectivity index (χ2n) is 6.18. The highest BCUT2D eigenvalue weighted by molar-refractivity contribution is 5.19. The Morgan fingerprint density at radius 2 is 1.50 bits per heavy atom. The topological polar surface area (TPSA) is 0 Å². The summed E-state index contributed by atoms with van der Waals surface area (Å²) < 4.78 is 0. The van der Waals surface area contributed by atoms with Gasteiger partial charge in [0.05, 0.1) is 0 Å². The van der Waals surface area contributed by atoms with Crippen molar-refractivity contribution in [2.24, 2.45) is 5.92 Å². The van der Waals surface area contributed by atoms with E-state index in [4.69, 9.17) is 0 Å². The molecule has 0 atom stereocenters. The lowest BCUT2D eigenvalue weighted by molar-refractivity contribution is 0.545. The van der Waals surface area contributed by atoms with Gasteiger partial charge in [0, 0.05) is 12.3 Å². The molecule has 150 valence electrons. The lowest BCUT2D eigenvalue weighted by Gasteiger charge is -2.05. The molecule has 0 aromatic carbocycles. The molecule has 0 heteroatoms. The monoisotopic (exact) mass is 358 g/mol. The van der Waals surface area contributed by atoms with Gasteiger partial charge in [-0.3, -0.25) is 0 Å². The SMILES string of the molecule is C/C=C(C)/C=C\C=C=C(C)CC.CC.CCCC#CC(CCC)CCC. The maximum absolute atomic E-state index is 3.37. The standard InChI is InChI=1S/C12H18.C12H22.C2H6/c1-5-11(3)9-7-8-10-12(4)6-2;1-4-7-8-11-12(9-5-2)10-6-3;1-2/h5,7-9H,6H2,1-4H3;12H,4-7,9-10H2,1-3H3;1-2H3/b9-7-,11-5+;;. The molecule has 0 rings (SSSR count). The van der Waals surface area contributed by atoms with Crippen molar-refractivity contribution in [2.45, 2.75) is 107 Å². The second kappa shape index (κ2) is 25.8. The van der Waals surface area contributed by atoms with Crippen molar-refractivity contribution in [1.82, 2.24) is 0 Å². The molecule has 0 saturated carbocycles. The maximum Gasteiger partial charge on any atom is 0.0202 e. The van der Waals surface area contributed by atoms with E-state index in [1.54, 1.807) is 0 Å². The van der Waals surface area contributed by atoms with Gasteiger partial charge in [-0.2, -0.15) is 0 Å². The molecule has 0 nitrogen and oxygen atoms in total. The zero-order chi connectivity index (χ0) is 20.6. The molecular weight excluding hydrogens is 312 g/mol. The van der Waals surface area contributed by atoms with Gasteiger partial charge in [-0.25, -0.2) is 0 Å². The predicted octanol–water partition coefficient (Wildman–Crippen LogP) is 9.05. The van der Waals surface area contributed by atoms with E-state index in [0.29, 0.717) is 5.92 Å². The van der Waals surface area contributed by atoms with Crippen LogP contribution in [0.3, 0.4) is 0 Å². The Bertz CT molecular complexity index is 450. The number of hydrogen-bond acceptors (Lipinski definition) is 0. The van der Waals surface area contributed by atoms with E-state index in [1.807, 2.05) is 32.9 Å². The molecule has 0 fully saturated rings. The van der Waals surface area contributed by atoms with Crippen LogP contribution in [0.15, 0.2) is 41.2 Å². The van der Waals surface area contributed by atoms with Gasteiger partial charge >= 0.3 is 0 Å². The lowest BCUT2D eigenvalue weighted by atomic mass is 9.99. The molecule has 0 bridgehead atoms. The fourth-order valence-electron chi connectivity index (χ4n) is 1.92. The van der Waals surface area contributed by atoms with Gasteiger partial charge in [0.2, 0.25) is 0 Å². The van der Waals surface area contributed by atoms with Crippen LogP contribution in [0.5, 0.6) is 0 Å². The van der Waals surface area contributed by atoms with Crippen LogP contribution < -0.4 is 0 Å². The number of allylic oxidation sites excluding steroid dienone is 5. The first-order valence-corrected chi connectivity index (χ1v) is 10.8. The van der Waals surface area contributed by atoms with Crippen LogP contribution in [0, 0.1) is 17.8 Å². The van der Waals surface area contributed by atoms with Crippen molar-refractivity contribution in [3.8, 4) is 11.8 Å². The summed E-state index contributed by atoms with van der Waals surface area (Å²) in [4.78, 5) is 0. The molecule has 0 saturated heterocycles. The number of unbranched alkanes of at least 4 members (excludes halogenated alkanes) is 1. The summed E-state index contributed by atoms with van der Waals surface area (Å²) >= 11 is 0. The zero-order valence-corrected chi connectivity index (χ0v) is 19.3. The van der Waals surface area contributed by atoms with Crippen molar-refractivity contribution >= 4 is 0 Å². The van der Waals surface area contributed by atoms with Crippen LogP contribution in [-0.2, 0) is 0 Å². The Kier molecular flexibility index (Phi) is 29.1. The number of hydrogen-bond donors (Lipinski definition) is 0. The maximum atomic E-state index is 3.37. The van der Waals surface area contributed by atoms with Crippen molar-refractivity contribution < 1.29 is 0 Å². The normalized spacial score (nSPS) is 10.0. The van der Waals surface area contributed by atoms with E-state index in [2.05, 4.69) is 71.3 Å². The highest BCUT2D eigenvalue weighted by Gasteiger charge is 2.00. The third-order valence-electron chi connectivity index (χ3n) is 3.73. The van der Waals surface area contributed by atoms with Crippen LogP contribution in [0.1, 0.15) is 107 Å². The van der Waals surface area contributed by atoms with E-state index in [9.17, 15) is 0 Å². The molecule has 0 aliphatic rings. The smallest absolute Gasteiger partial charge is 0.0202 e. The average Bonchev–Trinajstić information content (AvgIpc) is 2.67. The summed E-state index contributed by atoms with van der Waals surface area (Å²) in [6.07, 6.45) is 16.6. The fraction of sp³-hybridized carbons (Fsp3) is 0.654. The number of rotatable bonds is 8. The summed E-state index contributed by atoms with van der Waals surface area (Å²) in [5, 5.41) is 0. The first-order valence-electron chi connectivity index (χ1n) is 10.8. The zero-order valence-electron chi connectivity index (χ0n) is 19.3. The fourth-order valence-corrected chi connectivity index (χ4v) is 1.92. The van der Waals surface area contributed by atoms with Crippen molar-refractivity contribution in [3.05, 3.63) is 41.2 Å². The average molecular weight is 359 g/mol. The molecule has 0 heterocycles. The Morgan fingerprint density at radius 3 is 1.92 bits per heavy atom. The molecule has 0 aliphatic carbocycles. The molecule has 0 amide bonds. The third kappa shape index (κ3) is 24.8. The van der Waals surface area contributed by atoms with Gasteiger partial charge in [-0.1, -0.05) is 84.1 Å². The van der Waals surface area contributed by atoms with E-state index in [-0.39, 0.29) is 0 Å². The second-order valence-corrected chi connectivity index (χ2v) is 6.18. The van der Waals surface area contributed by atoms with Gasteiger partial charge in [0.15, 0.2) is 0 Å². The van der Waals surface area contributed by atoms with E-state index >= 15 is 0 Å². The first kappa shape index (κ1) is 29.3. The molecule has 0 unspecified atom stereocenters. The Morgan fingerprint density at radius 1 is 0.923 bits per heavy atom. The minimum absolute atomic E-state index is 0.673. The van der Waals surface area contributed by atoms with E-state index < -0.39 is 0 Å². The molecule has 0 aromatic heterocycles. The van der Waals surface area contributed by atoms with Crippen molar-refractivity contribution in [3.63, 3.8) is 0 Å². The Balaban J connectivity index is -0.000000371.